The van der Waals surface area contributed by atoms with E-state index in [1.54, 1.807) is 21.3 Å². The zero-order valence-electron chi connectivity index (χ0n) is 89.8. The highest BCUT2D eigenvalue weighted by Gasteiger charge is 2.30. The van der Waals surface area contributed by atoms with Crippen LogP contribution in [0.4, 0.5) is 0 Å². The van der Waals surface area contributed by atoms with Gasteiger partial charge in [-0.15, -0.1) is 0 Å². The molecule has 3 aromatic rings. The molecule has 49 heteroatoms. The summed E-state index contributed by atoms with van der Waals surface area (Å²) in [6.07, 6.45) is 35.5. The molecule has 0 aliphatic carbocycles. The van der Waals surface area contributed by atoms with E-state index in [0.717, 1.165) is 334 Å². The van der Waals surface area contributed by atoms with Crippen LogP contribution in [0, 0.1) is 17.8 Å². The van der Waals surface area contributed by atoms with Gasteiger partial charge < -0.3 is 143 Å². The minimum atomic E-state index is -1.20. The number of nitrogens with two attached hydrogens (primary N) is 6. The third-order valence-electron chi connectivity index (χ3n) is 26.2. The number of nitrogens with zero attached hydrogens (tertiary/aromatic N) is 7. The Balaban J connectivity index is -0.000000821. The predicted octanol–water partition coefficient (Wildman–Crippen LogP) is 2.37. The van der Waals surface area contributed by atoms with Gasteiger partial charge in [0, 0.05) is 95.2 Å². The Morgan fingerprint density at radius 3 is 1.06 bits per heavy atom. The van der Waals surface area contributed by atoms with Crippen molar-refractivity contribution in [2.24, 2.45) is 52.2 Å². The van der Waals surface area contributed by atoms with Crippen LogP contribution in [0.5, 0.6) is 17.2 Å². The number of benzene rings is 3. The fourth-order valence-corrected chi connectivity index (χ4v) is 17.5. The van der Waals surface area contributed by atoms with Gasteiger partial charge in [-0.1, -0.05) is 120 Å². The molecule has 846 valence electrons. The number of likely N-dealkylation sites (tertiary alicyclic amines) is 3. The molecule has 7 atom stereocenters. The summed E-state index contributed by atoms with van der Waals surface area (Å²) in [4.78, 5) is 126. The van der Waals surface area contributed by atoms with Gasteiger partial charge in [-0.05, 0) is 318 Å². The molecule has 5 heterocycles. The lowest BCUT2D eigenvalue weighted by Crippen LogP contribution is -2.45. The third-order valence-corrected chi connectivity index (χ3v) is 26.2. The quantitative estimate of drug-likeness (QED) is 0.0285. The number of aliphatic hydroxyl groups is 1. The maximum absolute atomic E-state index is 12.5. The number of ether oxygens (including phenoxy) is 4. The van der Waals surface area contributed by atoms with Crippen molar-refractivity contribution in [2.45, 2.75) is 307 Å². The Morgan fingerprint density at radius 1 is 0.396 bits per heavy atom. The molecule has 1 amide bonds. The van der Waals surface area contributed by atoms with Crippen LogP contribution in [-0.4, -0.2) is 381 Å². The highest BCUT2D eigenvalue weighted by Crippen LogP contribution is 2.34. The largest absolute Gasteiger partial charge is 0.497 e. The monoisotopic (exact) mass is 2110 g/mol. The molecule has 0 aromatic heterocycles. The van der Waals surface area contributed by atoms with Crippen LogP contribution in [0.25, 0.3) is 0 Å². The molecule has 149 heavy (non-hydrogen) atoms. The number of hydrogen-bond acceptors (Lipinski definition) is 42. The molecule has 4 saturated heterocycles. The summed E-state index contributed by atoms with van der Waals surface area (Å²) in [5.74, 6) is 4.21. The van der Waals surface area contributed by atoms with Gasteiger partial charge in [0.05, 0.1) is 40.5 Å². The van der Waals surface area contributed by atoms with Crippen molar-refractivity contribution in [2.75, 3.05) is 159 Å². The van der Waals surface area contributed by atoms with Crippen LogP contribution in [0.3, 0.4) is 0 Å². The Kier molecular flexibility index (Phi) is 101. The molecule has 0 radical (unpaired) electrons. The number of rotatable bonds is 59. The molecule has 43 nitrogen and oxygen atoms in total. The summed E-state index contributed by atoms with van der Waals surface area (Å²) in [5.41, 5.74) is 42.1. The number of morpholine rings is 1. The smallest absolute Gasteiger partial charge is 0.451 e. The number of aliphatic hydroxyl groups excluding tert-OH is 1. The number of methoxy groups -OCH3 is 3. The first kappa shape index (κ1) is 147. The lowest BCUT2D eigenvalue weighted by Gasteiger charge is -2.35. The van der Waals surface area contributed by atoms with Crippen molar-refractivity contribution >= 4 is 85.5 Å². The molecule has 5 aliphatic heterocycles. The van der Waals surface area contributed by atoms with Crippen LogP contribution >= 0.6 is 0 Å². The Bertz CT molecular complexity index is 3720. The van der Waals surface area contributed by atoms with Gasteiger partial charge in [-0.2, -0.15) is 57.5 Å². The molecule has 8 rings (SSSR count). The lowest BCUT2D eigenvalue weighted by atomic mass is 9.83. The number of piperidine rings is 3. The minimum Gasteiger partial charge on any atom is -0.497 e. The first-order chi connectivity index (χ1) is 71.4. The van der Waals surface area contributed by atoms with Gasteiger partial charge in [0.1, 0.15) is 5.75 Å². The highest BCUT2D eigenvalue weighted by atomic mass is 16.5. The molecule has 0 bridgehead atoms. The summed E-state index contributed by atoms with van der Waals surface area (Å²) < 4.78 is 21.2. The fraction of sp³-hybridized carbons (Fsp3) is 0.750. The van der Waals surface area contributed by atoms with Crippen molar-refractivity contribution in [1.29, 1.82) is 0 Å². The molecule has 0 spiro atoms. The SMILES string of the molecule is CCN(CC)C(=O)C1CCCN(CCC(N)CCCCB(O)O)C1.COc1cc2c(cc1OC)CN(CCC(N)CCCCB(O)O)CC2.COc1ccc(CN(C)CCC(N)CCCCB(O)O)cc1.NC(CCCCB(O)O)CCN1CCC(CO)CC1.NC(CCCCB(O)O)CCN1CCC(Cc2ccccc2)CC1.NC(CCCCB(O)O)CCN1CCOCC1.O=C=O.O=C=O.O=C=O.O=C=O.O=C=O.O=C=O. The second-order valence-electron chi connectivity index (χ2n) is 38.0. The van der Waals surface area contributed by atoms with Crippen LogP contribution in [0.2, 0.25) is 37.9 Å². The molecule has 5 aliphatic rings. The molecule has 4 fully saturated rings. The van der Waals surface area contributed by atoms with E-state index >= 15 is 0 Å². The van der Waals surface area contributed by atoms with E-state index in [1.807, 2.05) is 30.9 Å². The van der Waals surface area contributed by atoms with Crippen LogP contribution in [-0.2, 0) is 93.0 Å². The van der Waals surface area contributed by atoms with Gasteiger partial charge in [0.25, 0.3) is 0 Å². The Morgan fingerprint density at radius 2 is 0.725 bits per heavy atom. The first-order valence-corrected chi connectivity index (χ1v) is 52.8. The number of amides is 1. The molecule has 7 unspecified atom stereocenters. The van der Waals surface area contributed by atoms with E-state index in [1.165, 1.54) is 54.6 Å². The van der Waals surface area contributed by atoms with Crippen LogP contribution in [0.15, 0.2) is 66.7 Å². The normalized spacial score (nSPS) is 15.5. The third kappa shape index (κ3) is 89.2. The standard InChI is InChI=1S/C19H33BN2O2.C18H31BN2O4.C17H36BN3O3.C16H29BN2O3.C13H29BN2O3.C11H25BN2O3.6CO2/c21-19(8-4-5-12-20(23)24)11-15-22-13-9-18(10-14-22)16-17-6-2-1-3-7-17;1-24-17-11-14-6-9-21(13-15(14)12-18(17)25-2)10-7-16(20)5-3-4-8-19(22)23;1-3-21(4-2)17(22)15-8-7-12-20(14-15)13-10-16(19)9-5-6-11-18(23)24;1-19(13-14-6-8-16(22-2)9-7-14)12-10-15(18)5-3-4-11-17(20)21;15-13(3-1-2-7-14(18)19)6-10-16-8-4-12(11-17)5-9-16;13-11(3-1-2-5-12(15)16)4-6-14-7-9-17-10-8-14;6*2-1-3/h1-3,6-7,18-19,23-24H,4-5,8-16,21H2;11-12,16,22-23H,3-10,13,20H2,1-2H3;15-16,23-24H,3-14,19H2,1-2H3;6-9,15,20-21H,3-5,10-13,18H2,1-2H3;12-13,17-19H,1-11,15H2;11,15-16H,1-10,13H2;;;;;;. The zero-order chi connectivity index (χ0) is 113. The number of carbonyl (C=O) groups is 1. The predicted molar refractivity (Wildman–Crippen MR) is 566 cm³/mol. The van der Waals surface area contributed by atoms with Crippen molar-refractivity contribution in [3.05, 3.63) is 89.0 Å². The average Bonchev–Trinajstić information content (AvgIpc) is 0.809. The maximum Gasteiger partial charge on any atom is 0.451 e. The maximum atomic E-state index is 12.5. The summed E-state index contributed by atoms with van der Waals surface area (Å²) in [6.45, 7) is 25.1. The summed E-state index contributed by atoms with van der Waals surface area (Å²) in [6, 6.07) is 24.3. The van der Waals surface area contributed by atoms with Crippen molar-refractivity contribution in [3.8, 4) is 17.2 Å². The van der Waals surface area contributed by atoms with Crippen molar-refractivity contribution in [1.82, 2.24) is 34.3 Å². The number of hydrogen-bond donors (Lipinski definition) is 19. The van der Waals surface area contributed by atoms with E-state index in [-0.39, 0.29) is 79.1 Å². The van der Waals surface area contributed by atoms with Gasteiger partial charge in [-0.3, -0.25) is 14.6 Å². The fourth-order valence-electron chi connectivity index (χ4n) is 17.5. The Labute approximate surface area is 886 Å². The zero-order valence-corrected chi connectivity index (χ0v) is 89.8. The van der Waals surface area contributed by atoms with Crippen molar-refractivity contribution in [3.63, 3.8) is 0 Å². The van der Waals surface area contributed by atoms with E-state index in [0.29, 0.717) is 56.4 Å². The summed E-state index contributed by atoms with van der Waals surface area (Å²) in [5, 5.41) is 114. The van der Waals surface area contributed by atoms with E-state index < -0.39 is 42.7 Å². The number of fused-ring (bicyclic) bond motifs is 1. The van der Waals surface area contributed by atoms with Gasteiger partial charge in [-0.25, -0.2) is 0 Å². The first-order valence-electron chi connectivity index (χ1n) is 52.8. The number of carbonyl (C=O) groups excluding carboxylic acids is 13. The molecule has 3 aromatic carbocycles. The molecular formula is C100H183B6N13O30. The summed E-state index contributed by atoms with van der Waals surface area (Å²) in [7, 11) is 0.00819. The van der Waals surface area contributed by atoms with E-state index in [4.69, 9.17) is 176 Å². The Hall–Kier alpha value is -7.84. The molecule has 0 saturated carbocycles. The van der Waals surface area contributed by atoms with Crippen LogP contribution < -0.4 is 48.6 Å². The lowest BCUT2D eigenvalue weighted by molar-refractivity contribution is -0.193. The highest BCUT2D eigenvalue weighted by molar-refractivity contribution is 6.42. The van der Waals surface area contributed by atoms with Crippen molar-refractivity contribution < 1.29 is 147 Å². The van der Waals surface area contributed by atoms with Gasteiger partial charge >= 0.3 is 79.6 Å². The minimum absolute atomic E-state index is 0.140. The van der Waals surface area contributed by atoms with E-state index in [2.05, 4.69) is 91.0 Å². The topological polar surface area (TPSA) is 701 Å². The summed E-state index contributed by atoms with van der Waals surface area (Å²) >= 11 is 0. The van der Waals surface area contributed by atoms with Crippen LogP contribution in [0.1, 0.15) is 229 Å². The molecular weight excluding hydrogens is 1930 g/mol. The van der Waals surface area contributed by atoms with Gasteiger partial charge in [0.15, 0.2) is 11.5 Å². The second kappa shape index (κ2) is 102. The van der Waals surface area contributed by atoms with Gasteiger partial charge in [0.2, 0.25) is 5.91 Å². The second-order valence-corrected chi connectivity index (χ2v) is 38.0. The van der Waals surface area contributed by atoms with E-state index in [9.17, 15) is 4.79 Å². The molecule has 25 N–H and O–H groups in total. The average molecular weight is 2110 g/mol. The number of unbranched alkanes of at least 4 members (excludes halogenated alkanes) is 6.